The third-order valence-corrected chi connectivity index (χ3v) is 3.73. The third kappa shape index (κ3) is 3.30. The average molecular weight is 332 g/mol. The van der Waals surface area contributed by atoms with Crippen LogP contribution in [-0.4, -0.2) is 15.1 Å². The fraction of sp³-hybridized carbons (Fsp3) is 0. The highest BCUT2D eigenvalue weighted by Crippen LogP contribution is 2.28. The van der Waals surface area contributed by atoms with E-state index < -0.39 is 0 Å². The first-order valence-corrected chi connectivity index (χ1v) is 7.22. The lowest BCUT2D eigenvalue weighted by Crippen LogP contribution is -1.97. The summed E-state index contributed by atoms with van der Waals surface area (Å²) in [5, 5.41) is 13.3. The standard InChI is InChI=1S/C16H11Cl2N3O/c17-13-6-1-10(9-14(13)18)15-7-8-19-16(21-15)20-11-2-4-12(22)5-3-11/h1-9,22H,(H,19,20,21). The Morgan fingerprint density at radius 1 is 0.909 bits per heavy atom. The lowest BCUT2D eigenvalue weighted by atomic mass is 10.1. The van der Waals surface area contributed by atoms with Crippen LogP contribution < -0.4 is 5.32 Å². The molecule has 0 bridgehead atoms. The van der Waals surface area contributed by atoms with Gasteiger partial charge in [-0.05, 0) is 42.5 Å². The largest absolute Gasteiger partial charge is 0.508 e. The molecule has 22 heavy (non-hydrogen) atoms. The van der Waals surface area contributed by atoms with Gasteiger partial charge >= 0.3 is 0 Å². The van der Waals surface area contributed by atoms with E-state index in [0.717, 1.165) is 16.9 Å². The molecule has 0 saturated carbocycles. The molecule has 3 aromatic rings. The van der Waals surface area contributed by atoms with Crippen LogP contribution in [0.25, 0.3) is 11.3 Å². The molecule has 6 heteroatoms. The molecule has 4 nitrogen and oxygen atoms in total. The summed E-state index contributed by atoms with van der Waals surface area (Å²) in [5.41, 5.74) is 2.37. The Labute approximate surface area is 137 Å². The molecule has 0 atom stereocenters. The number of rotatable bonds is 3. The van der Waals surface area contributed by atoms with Crippen molar-refractivity contribution < 1.29 is 5.11 Å². The molecule has 0 spiro atoms. The average Bonchev–Trinajstić information content (AvgIpc) is 2.53. The Balaban J connectivity index is 1.88. The van der Waals surface area contributed by atoms with Gasteiger partial charge in [-0.1, -0.05) is 29.3 Å². The Bertz CT molecular complexity index is 807. The fourth-order valence-electron chi connectivity index (χ4n) is 1.91. The van der Waals surface area contributed by atoms with Crippen LogP contribution in [-0.2, 0) is 0 Å². The summed E-state index contributed by atoms with van der Waals surface area (Å²) in [6.45, 7) is 0. The highest BCUT2D eigenvalue weighted by molar-refractivity contribution is 6.42. The van der Waals surface area contributed by atoms with Crippen molar-refractivity contribution in [3.8, 4) is 17.0 Å². The summed E-state index contributed by atoms with van der Waals surface area (Å²) in [6.07, 6.45) is 1.66. The monoisotopic (exact) mass is 331 g/mol. The molecule has 2 aromatic carbocycles. The maximum absolute atomic E-state index is 9.28. The smallest absolute Gasteiger partial charge is 0.227 e. The first kappa shape index (κ1) is 14.6. The van der Waals surface area contributed by atoms with E-state index in [1.807, 2.05) is 6.07 Å². The molecule has 0 unspecified atom stereocenters. The molecule has 0 fully saturated rings. The van der Waals surface area contributed by atoms with Crippen LogP contribution in [0.5, 0.6) is 5.75 Å². The summed E-state index contributed by atoms with van der Waals surface area (Å²) in [7, 11) is 0. The first-order valence-electron chi connectivity index (χ1n) is 6.46. The minimum atomic E-state index is 0.205. The van der Waals surface area contributed by atoms with Crippen LogP contribution >= 0.6 is 23.2 Å². The Hall–Kier alpha value is -2.30. The topological polar surface area (TPSA) is 58.0 Å². The number of hydrogen-bond acceptors (Lipinski definition) is 4. The molecule has 0 aliphatic rings. The molecule has 2 N–H and O–H groups in total. The van der Waals surface area contributed by atoms with Crippen LogP contribution in [0.1, 0.15) is 0 Å². The van der Waals surface area contributed by atoms with E-state index in [0.29, 0.717) is 16.0 Å². The normalized spacial score (nSPS) is 10.5. The molecule has 0 saturated heterocycles. The molecule has 3 rings (SSSR count). The van der Waals surface area contributed by atoms with Crippen molar-refractivity contribution in [2.24, 2.45) is 0 Å². The summed E-state index contributed by atoms with van der Waals surface area (Å²) < 4.78 is 0. The number of anilines is 2. The Morgan fingerprint density at radius 3 is 2.41 bits per heavy atom. The molecule has 110 valence electrons. The van der Waals surface area contributed by atoms with Crippen LogP contribution in [0, 0.1) is 0 Å². The molecular weight excluding hydrogens is 321 g/mol. The Kier molecular flexibility index (Phi) is 4.13. The quantitative estimate of drug-likeness (QED) is 0.670. The number of nitrogens with one attached hydrogen (secondary N) is 1. The van der Waals surface area contributed by atoms with Crippen molar-refractivity contribution in [3.63, 3.8) is 0 Å². The van der Waals surface area contributed by atoms with Gasteiger partial charge < -0.3 is 10.4 Å². The summed E-state index contributed by atoms with van der Waals surface area (Å²) in [5.74, 6) is 0.658. The molecule has 0 aliphatic heterocycles. The third-order valence-electron chi connectivity index (χ3n) is 2.99. The van der Waals surface area contributed by atoms with Gasteiger partial charge in [-0.15, -0.1) is 0 Å². The van der Waals surface area contributed by atoms with E-state index in [-0.39, 0.29) is 5.75 Å². The second-order valence-corrected chi connectivity index (χ2v) is 5.38. The van der Waals surface area contributed by atoms with Crippen molar-refractivity contribution in [2.45, 2.75) is 0 Å². The molecule has 0 amide bonds. The number of phenols is 1. The van der Waals surface area contributed by atoms with Crippen molar-refractivity contribution in [2.75, 3.05) is 5.32 Å². The zero-order chi connectivity index (χ0) is 15.5. The number of nitrogens with zero attached hydrogens (tertiary/aromatic N) is 2. The molecule has 1 aromatic heterocycles. The second-order valence-electron chi connectivity index (χ2n) is 4.57. The van der Waals surface area contributed by atoms with E-state index in [2.05, 4.69) is 15.3 Å². The minimum absolute atomic E-state index is 0.205. The lowest BCUT2D eigenvalue weighted by Gasteiger charge is -2.07. The maximum atomic E-state index is 9.28. The van der Waals surface area contributed by atoms with Gasteiger partial charge in [0.2, 0.25) is 5.95 Å². The molecule has 0 radical (unpaired) electrons. The second kappa shape index (κ2) is 6.22. The summed E-state index contributed by atoms with van der Waals surface area (Å²) >= 11 is 12.0. The van der Waals surface area contributed by atoms with Crippen LogP contribution in [0.15, 0.2) is 54.7 Å². The highest BCUT2D eigenvalue weighted by atomic mass is 35.5. The predicted octanol–water partition coefficient (Wildman–Crippen LogP) is 4.90. The number of halogens is 2. The van der Waals surface area contributed by atoms with Crippen LogP contribution in [0.4, 0.5) is 11.6 Å². The van der Waals surface area contributed by atoms with Gasteiger partial charge in [0.15, 0.2) is 0 Å². The van der Waals surface area contributed by atoms with Crippen molar-refractivity contribution in [3.05, 3.63) is 64.8 Å². The number of phenolic OH excluding ortho intramolecular Hbond substituents is 1. The first-order chi connectivity index (χ1) is 10.6. The van der Waals surface area contributed by atoms with Crippen molar-refractivity contribution in [1.29, 1.82) is 0 Å². The molecular formula is C16H11Cl2N3O. The van der Waals surface area contributed by atoms with Crippen molar-refractivity contribution in [1.82, 2.24) is 9.97 Å². The summed E-state index contributed by atoms with van der Waals surface area (Å²) in [4.78, 5) is 8.62. The maximum Gasteiger partial charge on any atom is 0.227 e. The van der Waals surface area contributed by atoms with Crippen molar-refractivity contribution >= 4 is 34.8 Å². The van der Waals surface area contributed by atoms with Gasteiger partial charge in [-0.2, -0.15) is 0 Å². The minimum Gasteiger partial charge on any atom is -0.508 e. The number of benzene rings is 2. The van der Waals surface area contributed by atoms with E-state index >= 15 is 0 Å². The Morgan fingerprint density at radius 2 is 1.68 bits per heavy atom. The van der Waals surface area contributed by atoms with E-state index in [4.69, 9.17) is 23.2 Å². The van der Waals surface area contributed by atoms with Crippen LogP contribution in [0.3, 0.4) is 0 Å². The molecule has 0 aliphatic carbocycles. The SMILES string of the molecule is Oc1ccc(Nc2nccc(-c3ccc(Cl)c(Cl)c3)n2)cc1. The highest BCUT2D eigenvalue weighted by Gasteiger charge is 2.05. The zero-order valence-electron chi connectivity index (χ0n) is 11.3. The predicted molar refractivity (Wildman–Crippen MR) is 88.9 cm³/mol. The summed E-state index contributed by atoms with van der Waals surface area (Å²) in [6, 6.07) is 13.8. The van der Waals surface area contributed by atoms with Gasteiger partial charge in [-0.3, -0.25) is 0 Å². The van der Waals surface area contributed by atoms with Gasteiger partial charge in [0.25, 0.3) is 0 Å². The van der Waals surface area contributed by atoms with Gasteiger partial charge in [-0.25, -0.2) is 9.97 Å². The fourth-order valence-corrected chi connectivity index (χ4v) is 2.21. The van der Waals surface area contributed by atoms with E-state index in [9.17, 15) is 5.11 Å². The van der Waals surface area contributed by atoms with Crippen LogP contribution in [0.2, 0.25) is 10.0 Å². The molecule has 1 heterocycles. The van der Waals surface area contributed by atoms with E-state index in [1.165, 1.54) is 0 Å². The number of hydrogen-bond donors (Lipinski definition) is 2. The zero-order valence-corrected chi connectivity index (χ0v) is 12.8. The van der Waals surface area contributed by atoms with Gasteiger partial charge in [0.1, 0.15) is 5.75 Å². The lowest BCUT2D eigenvalue weighted by molar-refractivity contribution is 0.475. The number of aromatic nitrogens is 2. The van der Waals surface area contributed by atoms with Gasteiger partial charge in [0, 0.05) is 17.4 Å². The van der Waals surface area contributed by atoms with Gasteiger partial charge in [0.05, 0.1) is 15.7 Å². The van der Waals surface area contributed by atoms with E-state index in [1.54, 1.807) is 48.7 Å². The number of aromatic hydroxyl groups is 1.